The molecule has 5 heteroatoms. The van der Waals surface area contributed by atoms with Crippen LogP contribution in [0.4, 0.5) is 0 Å². The Morgan fingerprint density at radius 1 is 1.33 bits per heavy atom. The molecule has 1 heterocycles. The molecule has 90 valence electrons. The Bertz CT molecular complexity index is 276. The van der Waals surface area contributed by atoms with E-state index in [1.807, 2.05) is 0 Å². The highest BCUT2D eigenvalue weighted by Gasteiger charge is 2.18. The fourth-order valence-corrected chi connectivity index (χ4v) is 2.74. The van der Waals surface area contributed by atoms with E-state index >= 15 is 0 Å². The predicted octanol–water partition coefficient (Wildman–Crippen LogP) is 1.53. The molecule has 0 aliphatic carbocycles. The number of rotatable bonds is 5. The predicted molar refractivity (Wildman–Crippen MR) is 60.5 cm³/mol. The molecule has 0 aromatic carbocycles. The molecule has 1 aliphatic rings. The second kappa shape index (κ2) is 5.82. The summed E-state index contributed by atoms with van der Waals surface area (Å²) in [6.07, 6.45) is 6.29. The maximum Gasteiger partial charge on any atom is 0.264 e. The van der Waals surface area contributed by atoms with Gasteiger partial charge in [0.25, 0.3) is 10.1 Å². The Labute approximate surface area is 92.4 Å². The lowest BCUT2D eigenvalue weighted by Gasteiger charge is -2.32. The molecular weight excluding hydrogens is 214 g/mol. The molecule has 0 radical (unpaired) electrons. The van der Waals surface area contributed by atoms with Crippen LogP contribution >= 0.6 is 0 Å². The molecule has 1 rings (SSSR count). The van der Waals surface area contributed by atoms with Gasteiger partial charge in [0, 0.05) is 6.04 Å². The summed E-state index contributed by atoms with van der Waals surface area (Å²) in [7, 11) is -1.62. The molecule has 15 heavy (non-hydrogen) atoms. The zero-order valence-corrected chi connectivity index (χ0v) is 10.2. The minimum atomic E-state index is -3.75. The van der Waals surface area contributed by atoms with Gasteiger partial charge in [0.2, 0.25) is 0 Å². The van der Waals surface area contributed by atoms with Crippen molar-refractivity contribution in [3.63, 3.8) is 0 Å². The number of likely N-dealkylation sites (tertiary alicyclic amines) is 1. The lowest BCUT2D eigenvalue weighted by molar-refractivity contribution is 0.173. The van der Waals surface area contributed by atoms with E-state index < -0.39 is 10.1 Å². The summed E-state index contributed by atoms with van der Waals surface area (Å²) < 4.78 is 29.6. The number of hydrogen-bond donors (Lipinski definition) is 1. The largest absolute Gasteiger partial charge is 0.303 e. The molecule has 1 unspecified atom stereocenters. The molecule has 0 spiro atoms. The highest BCUT2D eigenvalue weighted by atomic mass is 32.2. The quantitative estimate of drug-likeness (QED) is 0.580. The van der Waals surface area contributed by atoms with E-state index in [0.717, 1.165) is 19.4 Å². The third kappa shape index (κ3) is 5.49. The van der Waals surface area contributed by atoms with Gasteiger partial charge in [-0.05, 0) is 39.3 Å². The summed E-state index contributed by atoms with van der Waals surface area (Å²) >= 11 is 0. The van der Waals surface area contributed by atoms with Crippen LogP contribution in [0.25, 0.3) is 0 Å². The first-order valence-corrected chi connectivity index (χ1v) is 7.25. The summed E-state index contributed by atoms with van der Waals surface area (Å²) in [5.74, 6) is -0.0938. The molecule has 1 N–H and O–H groups in total. The fraction of sp³-hybridized carbons (Fsp3) is 1.00. The van der Waals surface area contributed by atoms with Crippen LogP contribution in [-0.2, 0) is 10.1 Å². The highest BCUT2D eigenvalue weighted by Crippen LogP contribution is 2.19. The number of unbranched alkanes of at least 4 members (excludes halogenated alkanes) is 1. The number of nitrogens with zero attached hydrogens (tertiary/aromatic N) is 1. The number of piperidine rings is 1. The van der Waals surface area contributed by atoms with Crippen LogP contribution in [0.3, 0.4) is 0 Å². The van der Waals surface area contributed by atoms with Crippen LogP contribution in [-0.4, -0.2) is 43.3 Å². The second-order valence-corrected chi connectivity index (χ2v) is 5.98. The smallest absolute Gasteiger partial charge is 0.264 e. The van der Waals surface area contributed by atoms with Gasteiger partial charge in [-0.15, -0.1) is 0 Å². The van der Waals surface area contributed by atoms with E-state index in [9.17, 15) is 8.42 Å². The van der Waals surface area contributed by atoms with Crippen LogP contribution < -0.4 is 0 Å². The summed E-state index contributed by atoms with van der Waals surface area (Å²) in [5.41, 5.74) is 0. The van der Waals surface area contributed by atoms with Gasteiger partial charge in [-0.25, -0.2) is 0 Å². The molecule has 0 bridgehead atoms. The van der Waals surface area contributed by atoms with Crippen molar-refractivity contribution < 1.29 is 13.0 Å². The third-order valence-corrected chi connectivity index (χ3v) is 3.92. The van der Waals surface area contributed by atoms with Gasteiger partial charge in [0.1, 0.15) is 0 Å². The molecule has 0 aromatic rings. The summed E-state index contributed by atoms with van der Waals surface area (Å²) in [6, 6.07) is 0.611. The Morgan fingerprint density at radius 2 is 2.07 bits per heavy atom. The zero-order chi connectivity index (χ0) is 11.3. The Balaban J connectivity index is 2.14. The molecule has 0 aromatic heterocycles. The lowest BCUT2D eigenvalue weighted by atomic mass is 9.98. The SMILES string of the molecule is CN1CCCCC1CCCCS(=O)(=O)O. The third-order valence-electron chi connectivity index (χ3n) is 3.11. The lowest BCUT2D eigenvalue weighted by Crippen LogP contribution is -2.36. The molecule has 1 aliphatic heterocycles. The van der Waals surface area contributed by atoms with Gasteiger partial charge < -0.3 is 4.90 Å². The van der Waals surface area contributed by atoms with Gasteiger partial charge in [0.05, 0.1) is 5.75 Å². The van der Waals surface area contributed by atoms with E-state index in [1.165, 1.54) is 19.3 Å². The molecule has 4 nitrogen and oxygen atoms in total. The van der Waals surface area contributed by atoms with Crippen LogP contribution in [0.1, 0.15) is 38.5 Å². The van der Waals surface area contributed by atoms with Crippen molar-refractivity contribution in [2.24, 2.45) is 0 Å². The van der Waals surface area contributed by atoms with Crippen LogP contribution in [0.15, 0.2) is 0 Å². The van der Waals surface area contributed by atoms with Gasteiger partial charge in [-0.2, -0.15) is 8.42 Å². The van der Waals surface area contributed by atoms with Gasteiger partial charge in [0.15, 0.2) is 0 Å². The summed E-state index contributed by atoms with van der Waals surface area (Å²) in [6.45, 7) is 1.16. The van der Waals surface area contributed by atoms with Gasteiger partial charge >= 0.3 is 0 Å². The van der Waals surface area contributed by atoms with Crippen LogP contribution in [0.2, 0.25) is 0 Å². The van der Waals surface area contributed by atoms with Gasteiger partial charge in [-0.3, -0.25) is 4.55 Å². The Hall–Kier alpha value is -0.130. The topological polar surface area (TPSA) is 57.6 Å². The fourth-order valence-electron chi connectivity index (χ4n) is 2.17. The molecule has 0 amide bonds. The first-order valence-electron chi connectivity index (χ1n) is 5.64. The molecular formula is C10H21NO3S. The van der Waals surface area contributed by atoms with Crippen LogP contribution in [0.5, 0.6) is 0 Å². The second-order valence-electron chi connectivity index (χ2n) is 4.41. The van der Waals surface area contributed by atoms with E-state index in [2.05, 4.69) is 11.9 Å². The molecule has 1 atom stereocenters. The van der Waals surface area contributed by atoms with E-state index in [-0.39, 0.29) is 5.75 Å². The van der Waals surface area contributed by atoms with Crippen molar-refractivity contribution in [3.05, 3.63) is 0 Å². The molecule has 1 saturated heterocycles. The van der Waals surface area contributed by atoms with Crippen molar-refractivity contribution in [1.29, 1.82) is 0 Å². The minimum absolute atomic E-state index is 0.0938. The standard InChI is InChI=1S/C10H21NO3S/c1-11-8-4-2-6-10(11)7-3-5-9-15(12,13)14/h10H,2-9H2,1H3,(H,12,13,14). The highest BCUT2D eigenvalue weighted by molar-refractivity contribution is 7.85. The zero-order valence-electron chi connectivity index (χ0n) is 9.35. The van der Waals surface area contributed by atoms with E-state index in [0.29, 0.717) is 12.5 Å². The average Bonchev–Trinajstić information content (AvgIpc) is 2.13. The van der Waals surface area contributed by atoms with E-state index in [1.54, 1.807) is 0 Å². The maximum atomic E-state index is 10.5. The minimum Gasteiger partial charge on any atom is -0.303 e. The summed E-state index contributed by atoms with van der Waals surface area (Å²) in [4.78, 5) is 2.36. The van der Waals surface area contributed by atoms with Gasteiger partial charge in [-0.1, -0.05) is 12.8 Å². The normalized spacial score (nSPS) is 24.3. The van der Waals surface area contributed by atoms with Crippen molar-refractivity contribution >= 4 is 10.1 Å². The van der Waals surface area contributed by atoms with Crippen molar-refractivity contribution in [2.45, 2.75) is 44.6 Å². The first-order chi connectivity index (χ1) is 6.99. The molecule has 0 saturated carbocycles. The van der Waals surface area contributed by atoms with E-state index in [4.69, 9.17) is 4.55 Å². The van der Waals surface area contributed by atoms with Crippen molar-refractivity contribution in [3.8, 4) is 0 Å². The number of hydrogen-bond acceptors (Lipinski definition) is 3. The maximum absolute atomic E-state index is 10.5. The first kappa shape index (κ1) is 12.9. The Morgan fingerprint density at radius 3 is 2.67 bits per heavy atom. The van der Waals surface area contributed by atoms with Crippen LogP contribution in [0, 0.1) is 0 Å². The van der Waals surface area contributed by atoms with Crippen molar-refractivity contribution in [2.75, 3.05) is 19.3 Å². The monoisotopic (exact) mass is 235 g/mol. The van der Waals surface area contributed by atoms with Crippen molar-refractivity contribution in [1.82, 2.24) is 4.90 Å². The molecule has 1 fully saturated rings. The summed E-state index contributed by atoms with van der Waals surface area (Å²) in [5, 5.41) is 0. The Kier molecular flexibility index (Phi) is 5.02. The average molecular weight is 235 g/mol.